The topological polar surface area (TPSA) is 12.0 Å². The van der Waals surface area contributed by atoms with Gasteiger partial charge >= 0.3 is 0 Å². The maximum atomic E-state index is 3.66. The Hall–Kier alpha value is -1.60. The number of hydrogen-bond donors (Lipinski definition) is 1. The van der Waals surface area contributed by atoms with Crippen LogP contribution in [0.1, 0.15) is 42.0 Å². The monoisotopic (exact) mass is 279 g/mol. The van der Waals surface area contributed by atoms with Gasteiger partial charge in [0.2, 0.25) is 0 Å². The van der Waals surface area contributed by atoms with Crippen molar-refractivity contribution in [2.45, 2.75) is 51.6 Å². The van der Waals surface area contributed by atoms with Crippen molar-refractivity contribution in [3.05, 3.63) is 70.8 Å². The zero-order valence-electron chi connectivity index (χ0n) is 12.9. The highest BCUT2D eigenvalue weighted by molar-refractivity contribution is 5.35. The maximum Gasteiger partial charge on any atom is 0.0208 e. The summed E-state index contributed by atoms with van der Waals surface area (Å²) in [6, 6.07) is 18.3. The summed E-state index contributed by atoms with van der Waals surface area (Å²) in [6.07, 6.45) is 6.22. The molecule has 1 unspecified atom stereocenters. The molecule has 1 aliphatic rings. The van der Waals surface area contributed by atoms with Gasteiger partial charge in [-0.15, -0.1) is 0 Å². The molecule has 0 aliphatic heterocycles. The molecular weight excluding hydrogens is 254 g/mol. The molecule has 0 aromatic heterocycles. The minimum absolute atomic E-state index is 0.554. The molecule has 1 N–H and O–H groups in total. The van der Waals surface area contributed by atoms with Crippen LogP contribution in [0.5, 0.6) is 0 Å². The Morgan fingerprint density at radius 2 is 1.76 bits per heavy atom. The Balaban J connectivity index is 1.46. The second kappa shape index (κ2) is 6.91. The SMILES string of the molecule is CC(CCc1ccccc1)NCc1ccc2c(c1)CCC2. The number of nitrogens with one attached hydrogen (secondary N) is 1. The van der Waals surface area contributed by atoms with E-state index in [0.29, 0.717) is 6.04 Å². The predicted molar refractivity (Wildman–Crippen MR) is 89.5 cm³/mol. The Morgan fingerprint density at radius 3 is 2.62 bits per heavy atom. The average molecular weight is 279 g/mol. The van der Waals surface area contributed by atoms with E-state index >= 15 is 0 Å². The van der Waals surface area contributed by atoms with Gasteiger partial charge in [-0.2, -0.15) is 0 Å². The first-order valence-electron chi connectivity index (χ1n) is 8.19. The summed E-state index contributed by atoms with van der Waals surface area (Å²) in [4.78, 5) is 0. The lowest BCUT2D eigenvalue weighted by Crippen LogP contribution is -2.26. The first kappa shape index (κ1) is 14.3. The molecule has 110 valence electrons. The molecule has 0 saturated heterocycles. The van der Waals surface area contributed by atoms with E-state index in [0.717, 1.165) is 13.0 Å². The maximum absolute atomic E-state index is 3.66. The molecule has 1 heteroatoms. The summed E-state index contributed by atoms with van der Waals surface area (Å²) in [5.41, 5.74) is 6.01. The minimum atomic E-state index is 0.554. The fourth-order valence-corrected chi connectivity index (χ4v) is 3.16. The van der Waals surface area contributed by atoms with Gasteiger partial charge in [0.25, 0.3) is 0 Å². The molecule has 21 heavy (non-hydrogen) atoms. The summed E-state index contributed by atoms with van der Waals surface area (Å²) >= 11 is 0. The Labute approximate surface area is 128 Å². The molecule has 2 aromatic carbocycles. The van der Waals surface area contributed by atoms with Gasteiger partial charge in [0.05, 0.1) is 0 Å². The van der Waals surface area contributed by atoms with Gasteiger partial charge in [-0.05, 0) is 61.3 Å². The zero-order valence-corrected chi connectivity index (χ0v) is 12.9. The van der Waals surface area contributed by atoms with Gasteiger partial charge in [-0.25, -0.2) is 0 Å². The smallest absolute Gasteiger partial charge is 0.0208 e. The van der Waals surface area contributed by atoms with Gasteiger partial charge < -0.3 is 5.32 Å². The number of rotatable bonds is 6. The number of hydrogen-bond acceptors (Lipinski definition) is 1. The Kier molecular flexibility index (Phi) is 4.72. The van der Waals surface area contributed by atoms with Gasteiger partial charge in [0.1, 0.15) is 0 Å². The Bertz CT molecular complexity index is 574. The highest BCUT2D eigenvalue weighted by atomic mass is 14.9. The lowest BCUT2D eigenvalue weighted by Gasteiger charge is -2.14. The van der Waals surface area contributed by atoms with E-state index in [2.05, 4.69) is 60.8 Å². The first-order valence-corrected chi connectivity index (χ1v) is 8.19. The molecule has 0 radical (unpaired) electrons. The molecule has 1 atom stereocenters. The fraction of sp³-hybridized carbons (Fsp3) is 0.400. The van der Waals surface area contributed by atoms with Crippen LogP contribution in [0.25, 0.3) is 0 Å². The van der Waals surface area contributed by atoms with Crippen molar-refractivity contribution in [1.82, 2.24) is 5.32 Å². The standard InChI is InChI=1S/C20H25N/c1-16(10-11-17-6-3-2-4-7-17)21-15-18-12-13-19-8-5-9-20(19)14-18/h2-4,6-7,12-14,16,21H,5,8-11,15H2,1H3. The third kappa shape index (κ3) is 3.95. The molecule has 2 aromatic rings. The minimum Gasteiger partial charge on any atom is -0.310 e. The molecule has 1 nitrogen and oxygen atoms in total. The van der Waals surface area contributed by atoms with Crippen molar-refractivity contribution < 1.29 is 0 Å². The van der Waals surface area contributed by atoms with E-state index in [4.69, 9.17) is 0 Å². The van der Waals surface area contributed by atoms with Crippen LogP contribution >= 0.6 is 0 Å². The highest BCUT2D eigenvalue weighted by Crippen LogP contribution is 2.22. The second-order valence-electron chi connectivity index (χ2n) is 6.26. The van der Waals surface area contributed by atoms with Gasteiger partial charge in [0.15, 0.2) is 0 Å². The van der Waals surface area contributed by atoms with Gasteiger partial charge in [-0.1, -0.05) is 48.5 Å². The van der Waals surface area contributed by atoms with Crippen molar-refractivity contribution in [1.29, 1.82) is 0 Å². The quantitative estimate of drug-likeness (QED) is 0.832. The largest absolute Gasteiger partial charge is 0.310 e. The van der Waals surface area contributed by atoms with Gasteiger partial charge in [0, 0.05) is 12.6 Å². The van der Waals surface area contributed by atoms with Crippen LogP contribution in [0.4, 0.5) is 0 Å². The van der Waals surface area contributed by atoms with Crippen LogP contribution in [-0.4, -0.2) is 6.04 Å². The summed E-state index contributed by atoms with van der Waals surface area (Å²) in [5, 5.41) is 3.66. The molecule has 0 amide bonds. The molecule has 0 bridgehead atoms. The van der Waals surface area contributed by atoms with Gasteiger partial charge in [-0.3, -0.25) is 0 Å². The van der Waals surface area contributed by atoms with Crippen LogP contribution in [0.2, 0.25) is 0 Å². The normalized spacial score (nSPS) is 14.9. The van der Waals surface area contributed by atoms with Crippen molar-refractivity contribution in [3.63, 3.8) is 0 Å². The van der Waals surface area contributed by atoms with Crippen molar-refractivity contribution in [2.75, 3.05) is 0 Å². The van der Waals surface area contributed by atoms with Crippen LogP contribution in [0.15, 0.2) is 48.5 Å². The van der Waals surface area contributed by atoms with Crippen molar-refractivity contribution in [3.8, 4) is 0 Å². The molecule has 3 rings (SSSR count). The van der Waals surface area contributed by atoms with E-state index < -0.39 is 0 Å². The van der Waals surface area contributed by atoms with E-state index in [-0.39, 0.29) is 0 Å². The fourth-order valence-electron chi connectivity index (χ4n) is 3.16. The summed E-state index contributed by atoms with van der Waals surface area (Å²) < 4.78 is 0. The van der Waals surface area contributed by atoms with E-state index in [1.165, 1.54) is 36.8 Å². The molecule has 1 aliphatic carbocycles. The number of benzene rings is 2. The highest BCUT2D eigenvalue weighted by Gasteiger charge is 2.11. The molecule has 0 fully saturated rings. The Morgan fingerprint density at radius 1 is 0.952 bits per heavy atom. The van der Waals surface area contributed by atoms with Crippen molar-refractivity contribution >= 4 is 0 Å². The lowest BCUT2D eigenvalue weighted by molar-refractivity contribution is 0.514. The number of aryl methyl sites for hydroxylation is 3. The molecule has 0 saturated carbocycles. The molecular formula is C20H25N. The van der Waals surface area contributed by atoms with Crippen LogP contribution in [-0.2, 0) is 25.8 Å². The van der Waals surface area contributed by atoms with E-state index in [9.17, 15) is 0 Å². The molecule has 0 heterocycles. The van der Waals surface area contributed by atoms with Crippen LogP contribution in [0.3, 0.4) is 0 Å². The third-order valence-corrected chi connectivity index (χ3v) is 4.53. The zero-order chi connectivity index (χ0) is 14.5. The molecule has 0 spiro atoms. The van der Waals surface area contributed by atoms with Crippen molar-refractivity contribution in [2.24, 2.45) is 0 Å². The summed E-state index contributed by atoms with van der Waals surface area (Å²) in [7, 11) is 0. The van der Waals surface area contributed by atoms with E-state index in [1.807, 2.05) is 0 Å². The lowest BCUT2D eigenvalue weighted by atomic mass is 10.0. The van der Waals surface area contributed by atoms with Crippen LogP contribution in [0, 0.1) is 0 Å². The average Bonchev–Trinajstić information content (AvgIpc) is 2.99. The third-order valence-electron chi connectivity index (χ3n) is 4.53. The summed E-state index contributed by atoms with van der Waals surface area (Å²) in [5.74, 6) is 0. The van der Waals surface area contributed by atoms with Crippen LogP contribution < -0.4 is 5.32 Å². The number of fused-ring (bicyclic) bond motifs is 1. The second-order valence-corrected chi connectivity index (χ2v) is 6.26. The first-order chi connectivity index (χ1) is 10.3. The van der Waals surface area contributed by atoms with E-state index in [1.54, 1.807) is 11.1 Å². The predicted octanol–water partition coefficient (Wildman–Crippen LogP) is 4.29. The summed E-state index contributed by atoms with van der Waals surface area (Å²) in [6.45, 7) is 3.28.